The summed E-state index contributed by atoms with van der Waals surface area (Å²) in [6.07, 6.45) is 0. The fraction of sp³-hybridized carbons (Fsp3) is 0.133. The first-order chi connectivity index (χ1) is 9.56. The summed E-state index contributed by atoms with van der Waals surface area (Å²) in [5.74, 6) is -1.40. The van der Waals surface area contributed by atoms with Crippen molar-refractivity contribution >= 4 is 17.3 Å². The van der Waals surface area contributed by atoms with Gasteiger partial charge in [0.2, 0.25) is 5.91 Å². The molecule has 2 aromatic rings. The molecule has 1 amide bonds. The van der Waals surface area contributed by atoms with Crippen molar-refractivity contribution in [2.24, 2.45) is 0 Å². The van der Waals surface area contributed by atoms with Gasteiger partial charge in [-0.3, -0.25) is 4.79 Å². The predicted molar refractivity (Wildman–Crippen MR) is 74.4 cm³/mol. The minimum atomic E-state index is -0.625. The van der Waals surface area contributed by atoms with Gasteiger partial charge in [0.25, 0.3) is 0 Å². The molecule has 0 saturated heterocycles. The summed E-state index contributed by atoms with van der Waals surface area (Å²) in [5.41, 5.74) is 1.39. The quantitative estimate of drug-likeness (QED) is 0.896. The lowest BCUT2D eigenvalue weighted by molar-refractivity contribution is -0.114. The molecule has 3 nitrogen and oxygen atoms in total. The Morgan fingerprint density at radius 2 is 1.65 bits per heavy atom. The molecule has 0 spiro atoms. The van der Waals surface area contributed by atoms with E-state index in [1.54, 1.807) is 24.3 Å². The zero-order valence-electron chi connectivity index (χ0n) is 10.9. The van der Waals surface area contributed by atoms with E-state index in [1.165, 1.54) is 25.1 Å². The van der Waals surface area contributed by atoms with Gasteiger partial charge in [-0.2, -0.15) is 0 Å². The summed E-state index contributed by atoms with van der Waals surface area (Å²) in [5, 5.41) is 5.37. The van der Waals surface area contributed by atoms with Crippen LogP contribution in [-0.2, 0) is 11.3 Å². The van der Waals surface area contributed by atoms with Gasteiger partial charge in [0.15, 0.2) is 0 Å². The lowest BCUT2D eigenvalue weighted by Crippen LogP contribution is -2.06. The van der Waals surface area contributed by atoms with Crippen LogP contribution in [0.3, 0.4) is 0 Å². The standard InChI is InChI=1S/C15H14F2N2O/c1-10(20)19-12-7-5-11(6-8-12)9-18-15-13(16)3-2-4-14(15)17/h2-8,18H,9H2,1H3,(H,19,20). The van der Waals surface area contributed by atoms with Gasteiger partial charge in [-0.1, -0.05) is 18.2 Å². The second-order valence-electron chi connectivity index (χ2n) is 4.33. The number of anilines is 2. The number of carbonyl (C=O) groups is 1. The van der Waals surface area contributed by atoms with Crippen LogP contribution in [0, 0.1) is 11.6 Å². The van der Waals surface area contributed by atoms with Crippen molar-refractivity contribution in [2.75, 3.05) is 10.6 Å². The van der Waals surface area contributed by atoms with Crippen LogP contribution >= 0.6 is 0 Å². The first-order valence-corrected chi connectivity index (χ1v) is 6.10. The normalized spacial score (nSPS) is 10.2. The van der Waals surface area contributed by atoms with E-state index in [9.17, 15) is 13.6 Å². The molecular formula is C15H14F2N2O. The molecular weight excluding hydrogens is 262 g/mol. The third-order valence-electron chi connectivity index (χ3n) is 2.71. The van der Waals surface area contributed by atoms with E-state index in [0.29, 0.717) is 5.69 Å². The van der Waals surface area contributed by atoms with Crippen LogP contribution in [0.1, 0.15) is 12.5 Å². The smallest absolute Gasteiger partial charge is 0.221 e. The van der Waals surface area contributed by atoms with Crippen LogP contribution in [0.4, 0.5) is 20.2 Å². The molecule has 0 aliphatic carbocycles. The number of rotatable bonds is 4. The van der Waals surface area contributed by atoms with E-state index >= 15 is 0 Å². The summed E-state index contributed by atoms with van der Waals surface area (Å²) in [6.45, 7) is 1.72. The van der Waals surface area contributed by atoms with Gasteiger partial charge in [-0.05, 0) is 29.8 Å². The Bertz CT molecular complexity index is 592. The predicted octanol–water partition coefficient (Wildman–Crippen LogP) is 3.54. The number of para-hydroxylation sites is 1. The molecule has 0 fully saturated rings. The maximum atomic E-state index is 13.4. The van der Waals surface area contributed by atoms with Crippen LogP contribution in [0.2, 0.25) is 0 Å². The molecule has 0 unspecified atom stereocenters. The second kappa shape index (κ2) is 6.14. The molecule has 0 atom stereocenters. The molecule has 0 aliphatic rings. The lowest BCUT2D eigenvalue weighted by atomic mass is 10.2. The van der Waals surface area contributed by atoms with Gasteiger partial charge < -0.3 is 10.6 Å². The van der Waals surface area contributed by atoms with Gasteiger partial charge in [-0.25, -0.2) is 8.78 Å². The molecule has 0 bridgehead atoms. The van der Waals surface area contributed by atoms with Crippen molar-refractivity contribution in [1.29, 1.82) is 0 Å². The monoisotopic (exact) mass is 276 g/mol. The summed E-state index contributed by atoms with van der Waals surface area (Å²) in [6, 6.07) is 10.7. The largest absolute Gasteiger partial charge is 0.376 e. The molecule has 5 heteroatoms. The maximum Gasteiger partial charge on any atom is 0.221 e. The van der Waals surface area contributed by atoms with Gasteiger partial charge in [0.1, 0.15) is 17.3 Å². The number of amides is 1. The van der Waals surface area contributed by atoms with Gasteiger partial charge in [0.05, 0.1) is 0 Å². The molecule has 0 heterocycles. The minimum Gasteiger partial charge on any atom is -0.376 e. The zero-order valence-corrected chi connectivity index (χ0v) is 10.9. The summed E-state index contributed by atoms with van der Waals surface area (Å²) in [4.78, 5) is 10.9. The Kier molecular flexibility index (Phi) is 4.30. The highest BCUT2D eigenvalue weighted by Crippen LogP contribution is 2.19. The average molecular weight is 276 g/mol. The van der Waals surface area contributed by atoms with Crippen molar-refractivity contribution < 1.29 is 13.6 Å². The summed E-state index contributed by atoms with van der Waals surface area (Å²) in [7, 11) is 0. The Morgan fingerprint density at radius 3 is 2.20 bits per heavy atom. The van der Waals surface area contributed by atoms with Gasteiger partial charge in [0, 0.05) is 19.2 Å². The summed E-state index contributed by atoms with van der Waals surface area (Å²) < 4.78 is 26.8. The highest BCUT2D eigenvalue weighted by atomic mass is 19.1. The SMILES string of the molecule is CC(=O)Nc1ccc(CNc2c(F)cccc2F)cc1. The number of halogens is 2. The molecule has 2 aromatic carbocycles. The van der Waals surface area contributed by atoms with Crippen LogP contribution in [0.15, 0.2) is 42.5 Å². The van der Waals surface area contributed by atoms with Crippen molar-refractivity contribution in [3.63, 3.8) is 0 Å². The van der Waals surface area contributed by atoms with E-state index < -0.39 is 11.6 Å². The number of carbonyl (C=O) groups excluding carboxylic acids is 1. The lowest BCUT2D eigenvalue weighted by Gasteiger charge is -2.09. The Hall–Kier alpha value is -2.43. The first-order valence-electron chi connectivity index (χ1n) is 6.10. The molecule has 20 heavy (non-hydrogen) atoms. The molecule has 2 rings (SSSR count). The van der Waals surface area contributed by atoms with E-state index in [-0.39, 0.29) is 18.1 Å². The van der Waals surface area contributed by atoms with Crippen molar-refractivity contribution in [3.05, 3.63) is 59.7 Å². The fourth-order valence-electron chi connectivity index (χ4n) is 1.77. The van der Waals surface area contributed by atoms with Crippen LogP contribution in [0.25, 0.3) is 0 Å². The van der Waals surface area contributed by atoms with E-state index in [2.05, 4.69) is 10.6 Å². The van der Waals surface area contributed by atoms with Gasteiger partial charge in [-0.15, -0.1) is 0 Å². The van der Waals surface area contributed by atoms with Crippen molar-refractivity contribution in [3.8, 4) is 0 Å². The highest BCUT2D eigenvalue weighted by molar-refractivity contribution is 5.88. The number of benzene rings is 2. The maximum absolute atomic E-state index is 13.4. The fourth-order valence-corrected chi connectivity index (χ4v) is 1.77. The second-order valence-corrected chi connectivity index (χ2v) is 4.33. The first kappa shape index (κ1) is 14.0. The Labute approximate surface area is 115 Å². The zero-order chi connectivity index (χ0) is 14.5. The average Bonchev–Trinajstić information content (AvgIpc) is 2.39. The molecule has 0 aliphatic heterocycles. The number of nitrogens with one attached hydrogen (secondary N) is 2. The molecule has 0 radical (unpaired) electrons. The van der Waals surface area contributed by atoms with Crippen LogP contribution in [0.5, 0.6) is 0 Å². The molecule has 2 N–H and O–H groups in total. The number of hydrogen-bond donors (Lipinski definition) is 2. The number of hydrogen-bond acceptors (Lipinski definition) is 2. The van der Waals surface area contributed by atoms with Crippen molar-refractivity contribution in [1.82, 2.24) is 0 Å². The third-order valence-corrected chi connectivity index (χ3v) is 2.71. The van der Waals surface area contributed by atoms with E-state index in [1.807, 2.05) is 0 Å². The van der Waals surface area contributed by atoms with Gasteiger partial charge >= 0.3 is 0 Å². The molecule has 0 saturated carbocycles. The third kappa shape index (κ3) is 3.54. The molecule has 104 valence electrons. The van der Waals surface area contributed by atoms with Crippen LogP contribution in [-0.4, -0.2) is 5.91 Å². The highest BCUT2D eigenvalue weighted by Gasteiger charge is 2.07. The minimum absolute atomic E-state index is 0.140. The van der Waals surface area contributed by atoms with E-state index in [4.69, 9.17) is 0 Å². The molecule has 0 aromatic heterocycles. The Balaban J connectivity index is 2.02. The van der Waals surface area contributed by atoms with E-state index in [0.717, 1.165) is 5.56 Å². The topological polar surface area (TPSA) is 41.1 Å². The Morgan fingerprint density at radius 1 is 1.05 bits per heavy atom. The van der Waals surface area contributed by atoms with Crippen LogP contribution < -0.4 is 10.6 Å². The summed E-state index contributed by atoms with van der Waals surface area (Å²) >= 11 is 0. The van der Waals surface area contributed by atoms with Crippen molar-refractivity contribution in [2.45, 2.75) is 13.5 Å².